The van der Waals surface area contributed by atoms with Gasteiger partial charge < -0.3 is 9.84 Å². The number of benzene rings is 1. The minimum absolute atomic E-state index is 0.162. The number of aryl methyl sites for hydroxylation is 1. The SMILES string of the molecule is Cc1nn(-c2ccccc2)c(C)c1Cc1nc(C2CNCCN2C)no1. The van der Waals surface area contributed by atoms with Gasteiger partial charge in [0.1, 0.15) is 0 Å². The molecule has 1 aromatic carbocycles. The highest BCUT2D eigenvalue weighted by Crippen LogP contribution is 2.22. The minimum Gasteiger partial charge on any atom is -0.339 e. The largest absolute Gasteiger partial charge is 0.339 e. The molecular weight excluding hydrogens is 328 g/mol. The van der Waals surface area contributed by atoms with Gasteiger partial charge in [0.05, 0.1) is 23.8 Å². The van der Waals surface area contributed by atoms with Gasteiger partial charge >= 0.3 is 0 Å². The van der Waals surface area contributed by atoms with Crippen molar-refractivity contribution in [3.63, 3.8) is 0 Å². The molecule has 1 unspecified atom stereocenters. The summed E-state index contributed by atoms with van der Waals surface area (Å²) in [5.41, 5.74) is 4.28. The van der Waals surface area contributed by atoms with Crippen LogP contribution in [0.5, 0.6) is 0 Å². The second kappa shape index (κ2) is 7.01. The Labute approximate surface area is 153 Å². The summed E-state index contributed by atoms with van der Waals surface area (Å²) >= 11 is 0. The lowest BCUT2D eigenvalue weighted by Gasteiger charge is -2.30. The number of piperazine rings is 1. The van der Waals surface area contributed by atoms with Gasteiger partial charge in [-0.05, 0) is 33.0 Å². The van der Waals surface area contributed by atoms with E-state index in [2.05, 4.69) is 46.5 Å². The first-order valence-electron chi connectivity index (χ1n) is 8.97. The molecule has 1 N–H and O–H groups in total. The van der Waals surface area contributed by atoms with E-state index in [1.54, 1.807) is 0 Å². The van der Waals surface area contributed by atoms with E-state index in [9.17, 15) is 0 Å². The fourth-order valence-corrected chi connectivity index (χ4v) is 3.47. The molecule has 136 valence electrons. The van der Waals surface area contributed by atoms with Crippen LogP contribution in [0, 0.1) is 13.8 Å². The normalized spacial score (nSPS) is 18.3. The fraction of sp³-hybridized carbons (Fsp3) is 0.421. The number of para-hydroxylation sites is 1. The molecule has 26 heavy (non-hydrogen) atoms. The van der Waals surface area contributed by atoms with Crippen LogP contribution in [0.4, 0.5) is 0 Å². The third-order valence-corrected chi connectivity index (χ3v) is 5.06. The Balaban J connectivity index is 1.58. The maximum atomic E-state index is 5.54. The second-order valence-corrected chi connectivity index (χ2v) is 6.82. The van der Waals surface area contributed by atoms with Crippen LogP contribution in [0.2, 0.25) is 0 Å². The average molecular weight is 352 g/mol. The zero-order valence-electron chi connectivity index (χ0n) is 15.4. The van der Waals surface area contributed by atoms with Gasteiger partial charge in [0.15, 0.2) is 5.82 Å². The maximum absolute atomic E-state index is 5.54. The Kier molecular flexibility index (Phi) is 4.57. The molecule has 3 heterocycles. The van der Waals surface area contributed by atoms with Gasteiger partial charge in [-0.1, -0.05) is 23.4 Å². The first-order valence-corrected chi connectivity index (χ1v) is 8.97. The van der Waals surface area contributed by atoms with Gasteiger partial charge in [-0.2, -0.15) is 10.1 Å². The molecule has 0 spiro atoms. The molecule has 0 radical (unpaired) electrons. The predicted molar refractivity (Wildman–Crippen MR) is 98.4 cm³/mol. The van der Waals surface area contributed by atoms with Crippen LogP contribution in [0.1, 0.15) is 34.7 Å². The van der Waals surface area contributed by atoms with Crippen LogP contribution in [0.3, 0.4) is 0 Å². The molecule has 4 rings (SSSR count). The Bertz CT molecular complexity index is 885. The molecule has 0 amide bonds. The highest BCUT2D eigenvalue weighted by molar-refractivity contribution is 5.37. The summed E-state index contributed by atoms with van der Waals surface area (Å²) in [5.74, 6) is 1.39. The van der Waals surface area contributed by atoms with E-state index in [1.807, 2.05) is 29.8 Å². The highest BCUT2D eigenvalue weighted by Gasteiger charge is 2.25. The summed E-state index contributed by atoms with van der Waals surface area (Å²) in [6.45, 7) is 6.93. The zero-order valence-corrected chi connectivity index (χ0v) is 15.4. The summed E-state index contributed by atoms with van der Waals surface area (Å²) in [7, 11) is 2.10. The van der Waals surface area contributed by atoms with Crippen LogP contribution in [0.15, 0.2) is 34.9 Å². The summed E-state index contributed by atoms with van der Waals surface area (Å²) in [4.78, 5) is 6.91. The molecular formula is C19H24N6O. The molecule has 1 fully saturated rings. The van der Waals surface area contributed by atoms with Crippen molar-refractivity contribution in [2.45, 2.75) is 26.3 Å². The van der Waals surface area contributed by atoms with Gasteiger partial charge in [-0.15, -0.1) is 0 Å². The van der Waals surface area contributed by atoms with Crippen molar-refractivity contribution in [2.75, 3.05) is 26.7 Å². The van der Waals surface area contributed by atoms with E-state index in [0.717, 1.165) is 48.1 Å². The molecule has 0 saturated carbocycles. The molecule has 3 aromatic rings. The molecule has 7 heteroatoms. The molecule has 1 aliphatic rings. The minimum atomic E-state index is 0.162. The number of nitrogens with one attached hydrogen (secondary N) is 1. The fourth-order valence-electron chi connectivity index (χ4n) is 3.47. The van der Waals surface area contributed by atoms with Gasteiger partial charge in [0.25, 0.3) is 0 Å². The van der Waals surface area contributed by atoms with Crippen LogP contribution in [-0.4, -0.2) is 51.5 Å². The van der Waals surface area contributed by atoms with Gasteiger partial charge in [-0.25, -0.2) is 4.68 Å². The van der Waals surface area contributed by atoms with E-state index in [4.69, 9.17) is 9.62 Å². The van der Waals surface area contributed by atoms with Crippen molar-refractivity contribution in [3.8, 4) is 5.69 Å². The lowest BCUT2D eigenvalue weighted by Crippen LogP contribution is -2.44. The Morgan fingerprint density at radius 2 is 2.04 bits per heavy atom. The molecule has 7 nitrogen and oxygen atoms in total. The number of hydrogen-bond donors (Lipinski definition) is 1. The number of hydrogen-bond acceptors (Lipinski definition) is 6. The number of rotatable bonds is 4. The molecule has 2 aromatic heterocycles. The van der Waals surface area contributed by atoms with E-state index < -0.39 is 0 Å². The maximum Gasteiger partial charge on any atom is 0.231 e. The van der Waals surface area contributed by atoms with E-state index in [1.165, 1.54) is 0 Å². The zero-order chi connectivity index (χ0) is 18.1. The van der Waals surface area contributed by atoms with Crippen LogP contribution >= 0.6 is 0 Å². The first kappa shape index (κ1) is 16.9. The van der Waals surface area contributed by atoms with Gasteiger partial charge in [0.2, 0.25) is 5.89 Å². The third-order valence-electron chi connectivity index (χ3n) is 5.06. The van der Waals surface area contributed by atoms with Crippen molar-refractivity contribution in [1.29, 1.82) is 0 Å². The second-order valence-electron chi connectivity index (χ2n) is 6.82. The van der Waals surface area contributed by atoms with Crippen molar-refractivity contribution in [3.05, 3.63) is 59.0 Å². The van der Waals surface area contributed by atoms with E-state index in [-0.39, 0.29) is 6.04 Å². The lowest BCUT2D eigenvalue weighted by molar-refractivity contribution is 0.190. The van der Waals surface area contributed by atoms with Crippen molar-refractivity contribution in [2.24, 2.45) is 0 Å². The Hall–Kier alpha value is -2.51. The van der Waals surface area contributed by atoms with Crippen molar-refractivity contribution >= 4 is 0 Å². The van der Waals surface area contributed by atoms with E-state index in [0.29, 0.717) is 12.3 Å². The quantitative estimate of drug-likeness (QED) is 0.775. The molecule has 1 atom stereocenters. The number of aromatic nitrogens is 4. The van der Waals surface area contributed by atoms with Gasteiger partial charge in [0, 0.05) is 30.9 Å². The van der Waals surface area contributed by atoms with Crippen molar-refractivity contribution in [1.82, 2.24) is 30.1 Å². The smallest absolute Gasteiger partial charge is 0.231 e. The first-order chi connectivity index (χ1) is 12.6. The Morgan fingerprint density at radius 1 is 1.23 bits per heavy atom. The average Bonchev–Trinajstić information content (AvgIpc) is 3.23. The third kappa shape index (κ3) is 3.15. The summed E-state index contributed by atoms with van der Waals surface area (Å²) in [6, 6.07) is 10.3. The monoisotopic (exact) mass is 352 g/mol. The Morgan fingerprint density at radius 3 is 2.81 bits per heavy atom. The number of nitrogens with zero attached hydrogens (tertiary/aromatic N) is 5. The van der Waals surface area contributed by atoms with Gasteiger partial charge in [-0.3, -0.25) is 4.90 Å². The molecule has 0 bridgehead atoms. The summed E-state index contributed by atoms with van der Waals surface area (Å²) < 4.78 is 7.52. The number of likely N-dealkylation sites (N-methyl/N-ethyl adjacent to an activating group) is 1. The van der Waals surface area contributed by atoms with Crippen LogP contribution in [0.25, 0.3) is 5.69 Å². The topological polar surface area (TPSA) is 72.0 Å². The molecule has 0 aliphatic carbocycles. The predicted octanol–water partition coefficient (Wildman–Crippen LogP) is 2.04. The lowest BCUT2D eigenvalue weighted by atomic mass is 10.1. The summed E-state index contributed by atoms with van der Waals surface area (Å²) in [6.07, 6.45) is 0.599. The summed E-state index contributed by atoms with van der Waals surface area (Å²) in [5, 5.41) is 12.3. The van der Waals surface area contributed by atoms with E-state index >= 15 is 0 Å². The molecule has 1 aliphatic heterocycles. The standard InChI is InChI=1S/C19H24N6O/c1-13-16(14(2)25(22-13)15-7-5-4-6-8-15)11-18-21-19(23-26-18)17-12-20-9-10-24(17)3/h4-8,17,20H,9-12H2,1-3H3. The molecule has 1 saturated heterocycles. The van der Waals surface area contributed by atoms with Crippen LogP contribution in [-0.2, 0) is 6.42 Å². The van der Waals surface area contributed by atoms with Crippen LogP contribution < -0.4 is 5.32 Å². The highest BCUT2D eigenvalue weighted by atomic mass is 16.5. The van der Waals surface area contributed by atoms with Crippen molar-refractivity contribution < 1.29 is 4.52 Å².